The second-order valence-corrected chi connectivity index (χ2v) is 6.50. The zero-order valence-electron chi connectivity index (χ0n) is 14.3. The van der Waals surface area contributed by atoms with E-state index in [4.69, 9.17) is 18.4 Å². The Morgan fingerprint density at radius 1 is 0.720 bits per heavy atom. The molecule has 0 unspecified atom stereocenters. The summed E-state index contributed by atoms with van der Waals surface area (Å²) in [6.07, 6.45) is 0. The highest BCUT2D eigenvalue weighted by Crippen LogP contribution is 2.23. The molecule has 0 heterocycles. The minimum Gasteiger partial charge on any atom is -0.494 e. The van der Waals surface area contributed by atoms with Crippen LogP contribution in [-0.4, -0.2) is 34.8 Å². The standard InChI is InChI=1S/C18H22O6S/c1-3-21-13-14-23-16-9-11-18(12-10-16)25(19,20)24-17-7-5-15(6-8-17)22-4-2/h5-12H,3-4,13-14H2,1-2H3. The van der Waals surface area contributed by atoms with Crippen molar-refractivity contribution in [3.8, 4) is 17.2 Å². The molecule has 0 aliphatic heterocycles. The van der Waals surface area contributed by atoms with Crippen LogP contribution in [-0.2, 0) is 14.9 Å². The Bertz CT molecular complexity index is 738. The van der Waals surface area contributed by atoms with Crippen LogP contribution in [0.15, 0.2) is 53.4 Å². The highest BCUT2D eigenvalue weighted by Gasteiger charge is 2.16. The smallest absolute Gasteiger partial charge is 0.339 e. The lowest BCUT2D eigenvalue weighted by atomic mass is 10.3. The first-order valence-electron chi connectivity index (χ1n) is 8.03. The van der Waals surface area contributed by atoms with Gasteiger partial charge in [-0.2, -0.15) is 8.42 Å². The molecule has 6 nitrogen and oxygen atoms in total. The van der Waals surface area contributed by atoms with E-state index < -0.39 is 10.1 Å². The summed E-state index contributed by atoms with van der Waals surface area (Å²) in [5.74, 6) is 1.45. The van der Waals surface area contributed by atoms with Gasteiger partial charge in [0.25, 0.3) is 0 Å². The molecule has 0 amide bonds. The molecule has 2 rings (SSSR count). The molecular weight excluding hydrogens is 344 g/mol. The molecule has 0 aromatic heterocycles. The quantitative estimate of drug-likeness (QED) is 0.475. The molecule has 0 saturated carbocycles. The fourth-order valence-electron chi connectivity index (χ4n) is 2.00. The van der Waals surface area contributed by atoms with Crippen LogP contribution >= 0.6 is 0 Å². The van der Waals surface area contributed by atoms with Crippen molar-refractivity contribution in [2.45, 2.75) is 18.7 Å². The number of rotatable bonds is 10. The van der Waals surface area contributed by atoms with Crippen LogP contribution in [0, 0.1) is 0 Å². The predicted molar refractivity (Wildman–Crippen MR) is 93.9 cm³/mol. The number of ether oxygens (including phenoxy) is 3. The predicted octanol–water partition coefficient (Wildman–Crippen LogP) is 3.27. The topological polar surface area (TPSA) is 71.1 Å². The molecule has 0 aliphatic carbocycles. The maximum atomic E-state index is 12.3. The molecular formula is C18H22O6S. The SMILES string of the molecule is CCOCCOc1ccc(S(=O)(=O)Oc2ccc(OCC)cc2)cc1. The first-order chi connectivity index (χ1) is 12.0. The van der Waals surface area contributed by atoms with Crippen molar-refractivity contribution in [2.24, 2.45) is 0 Å². The Labute approximate surface area is 148 Å². The van der Waals surface area contributed by atoms with Gasteiger partial charge in [0.1, 0.15) is 28.8 Å². The molecule has 0 atom stereocenters. The first-order valence-corrected chi connectivity index (χ1v) is 9.44. The van der Waals surface area contributed by atoms with Gasteiger partial charge in [0.2, 0.25) is 0 Å². The molecule has 136 valence electrons. The van der Waals surface area contributed by atoms with Crippen molar-refractivity contribution < 1.29 is 26.8 Å². The van der Waals surface area contributed by atoms with Crippen molar-refractivity contribution >= 4 is 10.1 Å². The Balaban J connectivity index is 1.98. The molecule has 2 aromatic carbocycles. The number of benzene rings is 2. The molecule has 2 aromatic rings. The van der Waals surface area contributed by atoms with Gasteiger partial charge in [0, 0.05) is 6.61 Å². The summed E-state index contributed by atoms with van der Waals surface area (Å²) in [5, 5.41) is 0. The molecule has 0 saturated heterocycles. The maximum Gasteiger partial charge on any atom is 0.339 e. The molecule has 0 radical (unpaired) electrons. The number of hydrogen-bond acceptors (Lipinski definition) is 6. The van der Waals surface area contributed by atoms with Gasteiger partial charge in [-0.25, -0.2) is 0 Å². The normalized spacial score (nSPS) is 11.1. The van der Waals surface area contributed by atoms with Crippen LogP contribution in [0.2, 0.25) is 0 Å². The first kappa shape index (κ1) is 19.1. The Kier molecular flexibility index (Phi) is 7.09. The summed E-state index contributed by atoms with van der Waals surface area (Å²) in [4.78, 5) is 0.0542. The van der Waals surface area contributed by atoms with E-state index >= 15 is 0 Å². The van der Waals surface area contributed by atoms with E-state index in [0.717, 1.165) is 0 Å². The second-order valence-electron chi connectivity index (χ2n) is 4.96. The van der Waals surface area contributed by atoms with E-state index in [1.165, 1.54) is 12.1 Å². The summed E-state index contributed by atoms with van der Waals surface area (Å²) >= 11 is 0. The van der Waals surface area contributed by atoms with E-state index in [2.05, 4.69) is 0 Å². The van der Waals surface area contributed by atoms with Crippen molar-refractivity contribution in [1.29, 1.82) is 0 Å². The average molecular weight is 366 g/mol. The van der Waals surface area contributed by atoms with Crippen molar-refractivity contribution in [3.63, 3.8) is 0 Å². The van der Waals surface area contributed by atoms with Crippen LogP contribution in [0.25, 0.3) is 0 Å². The Hall–Kier alpha value is -2.25. The number of hydrogen-bond donors (Lipinski definition) is 0. The fourth-order valence-corrected chi connectivity index (χ4v) is 2.93. The van der Waals surface area contributed by atoms with Gasteiger partial charge in [0.15, 0.2) is 0 Å². The lowest BCUT2D eigenvalue weighted by Gasteiger charge is -2.09. The Morgan fingerprint density at radius 2 is 1.28 bits per heavy atom. The fraction of sp³-hybridized carbons (Fsp3) is 0.333. The molecule has 0 spiro atoms. The van der Waals surface area contributed by atoms with Crippen molar-refractivity contribution in [1.82, 2.24) is 0 Å². The van der Waals surface area contributed by atoms with E-state index in [0.29, 0.717) is 37.9 Å². The van der Waals surface area contributed by atoms with Gasteiger partial charge in [-0.15, -0.1) is 0 Å². The minimum atomic E-state index is -3.91. The van der Waals surface area contributed by atoms with Crippen LogP contribution in [0.1, 0.15) is 13.8 Å². The summed E-state index contributed by atoms with van der Waals surface area (Å²) in [7, 11) is -3.91. The third-order valence-corrected chi connectivity index (χ3v) is 4.41. The maximum absolute atomic E-state index is 12.3. The van der Waals surface area contributed by atoms with E-state index in [1.807, 2.05) is 13.8 Å². The van der Waals surface area contributed by atoms with Crippen LogP contribution < -0.4 is 13.7 Å². The van der Waals surface area contributed by atoms with Crippen LogP contribution in [0.3, 0.4) is 0 Å². The van der Waals surface area contributed by atoms with Crippen molar-refractivity contribution in [3.05, 3.63) is 48.5 Å². The Morgan fingerprint density at radius 3 is 1.88 bits per heavy atom. The van der Waals surface area contributed by atoms with Crippen LogP contribution in [0.4, 0.5) is 0 Å². The highest BCUT2D eigenvalue weighted by molar-refractivity contribution is 7.87. The van der Waals surface area contributed by atoms with Gasteiger partial charge in [-0.3, -0.25) is 0 Å². The largest absolute Gasteiger partial charge is 0.494 e. The summed E-state index contributed by atoms with van der Waals surface area (Å²) in [5.41, 5.74) is 0. The van der Waals surface area contributed by atoms with Gasteiger partial charge in [-0.05, 0) is 62.4 Å². The van der Waals surface area contributed by atoms with Gasteiger partial charge in [0.05, 0.1) is 13.2 Å². The lowest BCUT2D eigenvalue weighted by Crippen LogP contribution is -2.10. The second kappa shape index (κ2) is 9.29. The molecule has 7 heteroatoms. The molecule has 0 bridgehead atoms. The van der Waals surface area contributed by atoms with Gasteiger partial charge < -0.3 is 18.4 Å². The molecule has 25 heavy (non-hydrogen) atoms. The zero-order chi connectivity index (χ0) is 18.1. The van der Waals surface area contributed by atoms with E-state index in [1.54, 1.807) is 36.4 Å². The van der Waals surface area contributed by atoms with Crippen LogP contribution in [0.5, 0.6) is 17.2 Å². The summed E-state index contributed by atoms with van der Waals surface area (Å²) in [6.45, 7) is 5.84. The third-order valence-electron chi connectivity index (χ3n) is 3.15. The van der Waals surface area contributed by atoms with Gasteiger partial charge >= 0.3 is 10.1 Å². The van der Waals surface area contributed by atoms with Crippen molar-refractivity contribution in [2.75, 3.05) is 26.4 Å². The average Bonchev–Trinajstić information content (AvgIpc) is 2.61. The lowest BCUT2D eigenvalue weighted by molar-refractivity contribution is 0.110. The molecule has 0 N–H and O–H groups in total. The summed E-state index contributed by atoms with van der Waals surface area (Å²) in [6, 6.07) is 12.5. The monoisotopic (exact) mass is 366 g/mol. The summed E-state index contributed by atoms with van der Waals surface area (Å²) < 4.78 is 45.7. The highest BCUT2D eigenvalue weighted by atomic mass is 32.2. The molecule has 0 fully saturated rings. The van der Waals surface area contributed by atoms with E-state index in [-0.39, 0.29) is 10.6 Å². The van der Waals surface area contributed by atoms with Gasteiger partial charge in [-0.1, -0.05) is 0 Å². The molecule has 0 aliphatic rings. The zero-order valence-corrected chi connectivity index (χ0v) is 15.1. The third kappa shape index (κ3) is 5.95. The van der Waals surface area contributed by atoms with E-state index in [9.17, 15) is 8.42 Å². The minimum absolute atomic E-state index is 0.0542.